The number of carbonyl (C=O) groups is 1. The van der Waals surface area contributed by atoms with E-state index in [1.807, 2.05) is 43.0 Å². The first-order valence-corrected chi connectivity index (χ1v) is 8.35. The molecule has 126 valence electrons. The Balaban J connectivity index is 1.45. The van der Waals surface area contributed by atoms with Gasteiger partial charge >= 0.3 is 0 Å². The number of nitrogens with zero attached hydrogens (tertiary/aromatic N) is 1. The van der Waals surface area contributed by atoms with Crippen LogP contribution in [0, 0.1) is 5.92 Å². The third kappa shape index (κ3) is 4.03. The second kappa shape index (κ2) is 6.89. The Morgan fingerprint density at radius 1 is 1.17 bits per heavy atom. The van der Waals surface area contributed by atoms with Gasteiger partial charge in [0.1, 0.15) is 5.75 Å². The third-order valence-electron chi connectivity index (χ3n) is 4.39. The van der Waals surface area contributed by atoms with Crippen molar-refractivity contribution >= 4 is 11.6 Å². The molecule has 0 atom stereocenters. The largest absolute Gasteiger partial charge is 0.482 e. The van der Waals surface area contributed by atoms with Crippen molar-refractivity contribution in [3.8, 4) is 5.75 Å². The van der Waals surface area contributed by atoms with Crippen LogP contribution in [0.15, 0.2) is 24.3 Å². The summed E-state index contributed by atoms with van der Waals surface area (Å²) in [6, 6.07) is 7.72. The van der Waals surface area contributed by atoms with E-state index in [2.05, 4.69) is 0 Å². The summed E-state index contributed by atoms with van der Waals surface area (Å²) in [7, 11) is 0. The Morgan fingerprint density at radius 3 is 2.70 bits per heavy atom. The van der Waals surface area contributed by atoms with Gasteiger partial charge in [-0.3, -0.25) is 4.79 Å². The van der Waals surface area contributed by atoms with Gasteiger partial charge in [-0.1, -0.05) is 18.6 Å². The highest BCUT2D eigenvalue weighted by Crippen LogP contribution is 2.31. The van der Waals surface area contributed by atoms with Crippen LogP contribution < -0.4 is 9.64 Å². The molecule has 0 spiro atoms. The molecule has 2 heterocycles. The predicted octanol–water partition coefficient (Wildman–Crippen LogP) is 2.98. The summed E-state index contributed by atoms with van der Waals surface area (Å²) in [6.07, 6.45) is 3.10. The van der Waals surface area contributed by atoms with Gasteiger partial charge < -0.3 is 19.1 Å². The number of fused-ring (bicyclic) bond motifs is 1. The third-order valence-corrected chi connectivity index (χ3v) is 4.39. The maximum atomic E-state index is 12.1. The van der Waals surface area contributed by atoms with E-state index >= 15 is 0 Å². The van der Waals surface area contributed by atoms with Crippen LogP contribution in [-0.4, -0.2) is 38.1 Å². The van der Waals surface area contributed by atoms with Crippen LogP contribution in [-0.2, 0) is 14.3 Å². The normalized spacial score (nSPS) is 21.0. The van der Waals surface area contributed by atoms with E-state index in [9.17, 15) is 4.79 Å². The summed E-state index contributed by atoms with van der Waals surface area (Å²) in [4.78, 5) is 13.9. The van der Waals surface area contributed by atoms with Crippen molar-refractivity contribution in [2.75, 3.05) is 31.3 Å². The van der Waals surface area contributed by atoms with Crippen LogP contribution in [0.2, 0.25) is 0 Å². The molecule has 2 aliphatic heterocycles. The lowest BCUT2D eigenvalue weighted by molar-refractivity contribution is -0.262. The van der Waals surface area contributed by atoms with E-state index in [1.54, 1.807) is 0 Å². The summed E-state index contributed by atoms with van der Waals surface area (Å²) in [5.74, 6) is 0.842. The number of hydrogen-bond acceptors (Lipinski definition) is 4. The summed E-state index contributed by atoms with van der Waals surface area (Å²) in [5.41, 5.74) is 0.884. The molecule has 5 nitrogen and oxygen atoms in total. The first kappa shape index (κ1) is 16.3. The van der Waals surface area contributed by atoms with Crippen molar-refractivity contribution in [3.05, 3.63) is 24.3 Å². The number of carbonyl (C=O) groups excluding carboxylic acids is 1. The Hall–Kier alpha value is -1.59. The first-order valence-electron chi connectivity index (χ1n) is 8.35. The zero-order valence-electron chi connectivity index (χ0n) is 13.9. The van der Waals surface area contributed by atoms with Gasteiger partial charge in [-0.15, -0.1) is 0 Å². The number of ether oxygens (including phenoxy) is 3. The highest BCUT2D eigenvalue weighted by molar-refractivity contribution is 5.97. The summed E-state index contributed by atoms with van der Waals surface area (Å²) < 4.78 is 16.8. The van der Waals surface area contributed by atoms with Crippen LogP contribution in [0.4, 0.5) is 5.69 Å². The summed E-state index contributed by atoms with van der Waals surface area (Å²) >= 11 is 0. The molecule has 0 aromatic heterocycles. The summed E-state index contributed by atoms with van der Waals surface area (Å²) in [6.45, 7) is 6.28. The van der Waals surface area contributed by atoms with E-state index in [1.165, 1.54) is 0 Å². The standard InChI is InChI=1S/C18H25NO4/c1-18(2)22-11-14(12-23-18)7-5-6-10-19-15-8-3-4-9-16(15)21-13-17(19)20/h3-4,8-9,14H,5-7,10-13H2,1-2H3. The number of hydrogen-bond donors (Lipinski definition) is 0. The molecule has 5 heteroatoms. The van der Waals surface area contributed by atoms with Gasteiger partial charge in [0.05, 0.1) is 18.9 Å². The smallest absolute Gasteiger partial charge is 0.265 e. The van der Waals surface area contributed by atoms with E-state index in [0.29, 0.717) is 5.92 Å². The Kier molecular flexibility index (Phi) is 4.87. The molecule has 1 saturated heterocycles. The highest BCUT2D eigenvalue weighted by Gasteiger charge is 2.28. The van der Waals surface area contributed by atoms with Crippen LogP contribution >= 0.6 is 0 Å². The Morgan fingerprint density at radius 2 is 1.91 bits per heavy atom. The highest BCUT2D eigenvalue weighted by atomic mass is 16.7. The van der Waals surface area contributed by atoms with E-state index in [0.717, 1.165) is 50.5 Å². The second-order valence-electron chi connectivity index (χ2n) is 6.69. The number of rotatable bonds is 5. The number of para-hydroxylation sites is 2. The summed E-state index contributed by atoms with van der Waals surface area (Å²) in [5, 5.41) is 0. The van der Waals surface area contributed by atoms with Crippen LogP contribution in [0.25, 0.3) is 0 Å². The molecule has 1 aromatic rings. The monoisotopic (exact) mass is 319 g/mol. The fourth-order valence-corrected chi connectivity index (χ4v) is 3.00. The van der Waals surface area contributed by atoms with E-state index in [4.69, 9.17) is 14.2 Å². The molecule has 1 fully saturated rings. The number of anilines is 1. The van der Waals surface area contributed by atoms with Gasteiger partial charge in [0, 0.05) is 12.5 Å². The molecule has 0 radical (unpaired) electrons. The predicted molar refractivity (Wildman–Crippen MR) is 87.6 cm³/mol. The molecule has 2 aliphatic rings. The number of amides is 1. The average molecular weight is 319 g/mol. The van der Waals surface area contributed by atoms with Gasteiger partial charge in [0.15, 0.2) is 12.4 Å². The Labute approximate surface area is 137 Å². The lowest BCUT2D eigenvalue weighted by atomic mass is 10.0. The molecular weight excluding hydrogens is 294 g/mol. The Bertz CT molecular complexity index is 548. The lowest BCUT2D eigenvalue weighted by Gasteiger charge is -2.35. The first-order chi connectivity index (χ1) is 11.1. The molecule has 0 unspecified atom stereocenters. The number of benzene rings is 1. The molecule has 1 aromatic carbocycles. The average Bonchev–Trinajstić information content (AvgIpc) is 2.54. The van der Waals surface area contributed by atoms with Gasteiger partial charge in [0.2, 0.25) is 0 Å². The second-order valence-corrected chi connectivity index (χ2v) is 6.69. The minimum absolute atomic E-state index is 0.0368. The lowest BCUT2D eigenvalue weighted by Crippen LogP contribution is -2.40. The maximum absolute atomic E-state index is 12.1. The van der Waals surface area contributed by atoms with Crippen molar-refractivity contribution in [1.82, 2.24) is 0 Å². The zero-order valence-corrected chi connectivity index (χ0v) is 13.9. The quantitative estimate of drug-likeness (QED) is 0.783. The molecule has 0 bridgehead atoms. The molecular formula is C18H25NO4. The van der Waals surface area contributed by atoms with Crippen LogP contribution in [0.3, 0.4) is 0 Å². The maximum Gasteiger partial charge on any atom is 0.265 e. The fraction of sp³-hybridized carbons (Fsp3) is 0.611. The minimum Gasteiger partial charge on any atom is -0.482 e. The fourth-order valence-electron chi connectivity index (χ4n) is 3.00. The van der Waals surface area contributed by atoms with E-state index in [-0.39, 0.29) is 12.5 Å². The SMILES string of the molecule is CC1(C)OCC(CCCCN2C(=O)COc3ccccc32)CO1. The van der Waals surface area contributed by atoms with Crippen molar-refractivity contribution in [2.24, 2.45) is 5.92 Å². The van der Waals surface area contributed by atoms with Gasteiger partial charge in [-0.25, -0.2) is 0 Å². The van der Waals surface area contributed by atoms with Gasteiger partial charge in [0.25, 0.3) is 5.91 Å². The molecule has 23 heavy (non-hydrogen) atoms. The van der Waals surface area contributed by atoms with Crippen molar-refractivity contribution in [1.29, 1.82) is 0 Å². The number of unbranched alkanes of at least 4 members (excludes halogenated alkanes) is 1. The molecule has 1 amide bonds. The van der Waals surface area contributed by atoms with Crippen LogP contribution in [0.5, 0.6) is 5.75 Å². The zero-order chi connectivity index (χ0) is 16.3. The molecule has 3 rings (SSSR count). The molecule has 0 N–H and O–H groups in total. The topological polar surface area (TPSA) is 48.0 Å². The molecule has 0 aliphatic carbocycles. The van der Waals surface area contributed by atoms with Crippen molar-refractivity contribution in [3.63, 3.8) is 0 Å². The molecule has 0 saturated carbocycles. The van der Waals surface area contributed by atoms with Crippen molar-refractivity contribution < 1.29 is 19.0 Å². The van der Waals surface area contributed by atoms with Gasteiger partial charge in [-0.2, -0.15) is 0 Å². The van der Waals surface area contributed by atoms with Gasteiger partial charge in [-0.05, 0) is 38.8 Å². The van der Waals surface area contributed by atoms with Crippen molar-refractivity contribution in [2.45, 2.75) is 38.9 Å². The van der Waals surface area contributed by atoms with E-state index < -0.39 is 5.79 Å². The minimum atomic E-state index is -0.444. The van der Waals surface area contributed by atoms with Crippen LogP contribution in [0.1, 0.15) is 33.1 Å².